The highest BCUT2D eigenvalue weighted by molar-refractivity contribution is 7.92. The van der Waals surface area contributed by atoms with E-state index in [1.807, 2.05) is 0 Å². The lowest BCUT2D eigenvalue weighted by Gasteiger charge is -2.11. The molecule has 0 saturated heterocycles. The summed E-state index contributed by atoms with van der Waals surface area (Å²) < 4.78 is 34.9. The van der Waals surface area contributed by atoms with E-state index in [1.54, 1.807) is 0 Å². The molecule has 0 radical (unpaired) electrons. The Hall–Kier alpha value is -2.39. The maximum Gasteiger partial charge on any atom is 0.341 e. The summed E-state index contributed by atoms with van der Waals surface area (Å²) in [5.74, 6) is -1.41. The van der Waals surface area contributed by atoms with E-state index >= 15 is 0 Å². The van der Waals surface area contributed by atoms with Crippen molar-refractivity contribution < 1.29 is 27.5 Å². The van der Waals surface area contributed by atoms with Crippen LogP contribution < -0.4 is 10.1 Å². The van der Waals surface area contributed by atoms with Gasteiger partial charge in [-0.15, -0.1) is 11.3 Å². The molecular weight excluding hydrogens is 402 g/mol. The predicted octanol–water partition coefficient (Wildman–Crippen LogP) is 2.83. The molecule has 9 heteroatoms. The summed E-state index contributed by atoms with van der Waals surface area (Å²) in [6.07, 6.45) is 3.57. The largest absolute Gasteiger partial charge is 0.497 e. The zero-order valence-electron chi connectivity index (χ0n) is 15.6. The number of methoxy groups -OCH3 is 2. The molecule has 3 rings (SSSR count). The topological polar surface area (TPSA) is 98.8 Å². The van der Waals surface area contributed by atoms with Crippen LogP contribution in [0, 0.1) is 0 Å². The van der Waals surface area contributed by atoms with Gasteiger partial charge in [0, 0.05) is 4.88 Å². The summed E-state index contributed by atoms with van der Waals surface area (Å²) in [7, 11) is -1.06. The monoisotopic (exact) mass is 423 g/mol. The number of ether oxygens (including phenoxy) is 2. The second kappa shape index (κ2) is 8.32. The number of hydrogen-bond donors (Lipinski definition) is 1. The van der Waals surface area contributed by atoms with Crippen molar-refractivity contribution >= 4 is 38.1 Å². The van der Waals surface area contributed by atoms with Crippen molar-refractivity contribution in [2.24, 2.45) is 0 Å². The molecule has 2 aromatic rings. The van der Waals surface area contributed by atoms with E-state index in [0.717, 1.165) is 36.1 Å². The number of nitrogens with one attached hydrogen (secondary N) is 1. The van der Waals surface area contributed by atoms with E-state index < -0.39 is 27.5 Å². The van der Waals surface area contributed by atoms with Gasteiger partial charge >= 0.3 is 5.97 Å². The second-order valence-corrected chi connectivity index (χ2v) is 9.48. The summed E-state index contributed by atoms with van der Waals surface area (Å²) in [4.78, 5) is 25.7. The van der Waals surface area contributed by atoms with Gasteiger partial charge in [0.1, 0.15) is 16.5 Å². The lowest BCUT2D eigenvalue weighted by molar-refractivity contribution is -0.113. The molecule has 0 bridgehead atoms. The van der Waals surface area contributed by atoms with Gasteiger partial charge in [-0.05, 0) is 55.5 Å². The first kappa shape index (κ1) is 20.3. The zero-order valence-corrected chi connectivity index (χ0v) is 17.2. The highest BCUT2D eigenvalue weighted by Crippen LogP contribution is 2.38. The number of carbonyl (C=O) groups excluding carboxylic acids is 2. The Morgan fingerprint density at radius 3 is 2.43 bits per heavy atom. The van der Waals surface area contributed by atoms with Gasteiger partial charge in [0.15, 0.2) is 9.84 Å². The molecule has 0 unspecified atom stereocenters. The van der Waals surface area contributed by atoms with Crippen molar-refractivity contribution in [1.82, 2.24) is 0 Å². The highest BCUT2D eigenvalue weighted by atomic mass is 32.2. The van der Waals surface area contributed by atoms with Crippen LogP contribution in [0.5, 0.6) is 5.75 Å². The number of esters is 1. The van der Waals surface area contributed by atoms with E-state index in [1.165, 1.54) is 49.8 Å². The van der Waals surface area contributed by atoms with Crippen molar-refractivity contribution in [2.75, 3.05) is 25.3 Å². The number of benzene rings is 1. The second-order valence-electron chi connectivity index (χ2n) is 6.39. The van der Waals surface area contributed by atoms with Crippen LogP contribution in [0.15, 0.2) is 29.2 Å². The van der Waals surface area contributed by atoms with E-state index in [-0.39, 0.29) is 4.90 Å². The van der Waals surface area contributed by atoms with Gasteiger partial charge in [-0.1, -0.05) is 0 Å². The van der Waals surface area contributed by atoms with Gasteiger partial charge in [-0.25, -0.2) is 13.2 Å². The van der Waals surface area contributed by atoms with E-state index in [0.29, 0.717) is 16.3 Å². The normalized spacial score (nSPS) is 13.5. The van der Waals surface area contributed by atoms with E-state index in [9.17, 15) is 18.0 Å². The smallest absolute Gasteiger partial charge is 0.341 e. The molecule has 0 aliphatic heterocycles. The fourth-order valence-corrected chi connectivity index (χ4v) is 5.60. The Bertz CT molecular complexity index is 992. The molecule has 1 aromatic heterocycles. The van der Waals surface area contributed by atoms with Crippen LogP contribution in [-0.4, -0.2) is 40.3 Å². The maximum absolute atomic E-state index is 12.5. The Morgan fingerprint density at radius 1 is 1.11 bits per heavy atom. The number of aryl methyl sites for hydroxylation is 1. The van der Waals surface area contributed by atoms with Crippen LogP contribution in [0.1, 0.15) is 33.6 Å². The standard InChI is InChI=1S/C19H21NO6S2/c1-25-12-7-9-13(10-8-12)28(23,24)11-16(21)20-18-17(19(22)26-2)14-5-3-4-6-15(14)27-18/h7-10H,3-6,11H2,1-2H3,(H,20,21). The maximum atomic E-state index is 12.5. The molecule has 1 heterocycles. The first-order valence-electron chi connectivity index (χ1n) is 8.75. The van der Waals surface area contributed by atoms with Crippen LogP contribution in [0.25, 0.3) is 0 Å². The molecule has 0 saturated carbocycles. The molecule has 0 atom stereocenters. The summed E-state index contributed by atoms with van der Waals surface area (Å²) >= 11 is 1.32. The van der Waals surface area contributed by atoms with Gasteiger partial charge in [0.2, 0.25) is 5.91 Å². The van der Waals surface area contributed by atoms with Crippen LogP contribution in [0.4, 0.5) is 5.00 Å². The summed E-state index contributed by atoms with van der Waals surface area (Å²) in [5, 5.41) is 2.96. The van der Waals surface area contributed by atoms with Crippen LogP contribution >= 0.6 is 11.3 Å². The third kappa shape index (κ3) is 4.20. The minimum atomic E-state index is -3.82. The number of fused-ring (bicyclic) bond motifs is 1. The number of amides is 1. The first-order chi connectivity index (χ1) is 13.4. The Kier molecular flexibility index (Phi) is 6.04. The molecule has 1 aliphatic rings. The van der Waals surface area contributed by atoms with Crippen molar-refractivity contribution in [1.29, 1.82) is 0 Å². The van der Waals surface area contributed by atoms with Crippen LogP contribution in [0.3, 0.4) is 0 Å². The number of sulfone groups is 1. The summed E-state index contributed by atoms with van der Waals surface area (Å²) in [6, 6.07) is 5.83. The molecule has 28 heavy (non-hydrogen) atoms. The van der Waals surface area contributed by atoms with Crippen molar-refractivity contribution in [3.8, 4) is 5.75 Å². The fourth-order valence-electron chi connectivity index (χ4n) is 3.17. The molecule has 150 valence electrons. The zero-order chi connectivity index (χ0) is 20.3. The minimum absolute atomic E-state index is 0.0297. The van der Waals surface area contributed by atoms with Gasteiger partial charge in [-0.3, -0.25) is 4.79 Å². The van der Waals surface area contributed by atoms with Crippen molar-refractivity contribution in [3.63, 3.8) is 0 Å². The van der Waals surface area contributed by atoms with Crippen LogP contribution in [0.2, 0.25) is 0 Å². The fraction of sp³-hybridized carbons (Fsp3) is 0.368. The highest BCUT2D eigenvalue weighted by Gasteiger charge is 2.28. The molecule has 1 N–H and O–H groups in total. The molecular formula is C19H21NO6S2. The average Bonchev–Trinajstić information content (AvgIpc) is 3.04. The van der Waals surface area contributed by atoms with Crippen LogP contribution in [-0.2, 0) is 32.2 Å². The SMILES string of the molecule is COC(=O)c1c(NC(=O)CS(=O)(=O)c2ccc(OC)cc2)sc2c1CCCC2. The van der Waals surface area contributed by atoms with Gasteiger partial charge in [0.05, 0.1) is 24.7 Å². The number of thiophene rings is 1. The van der Waals surface area contributed by atoms with Crippen molar-refractivity contribution in [2.45, 2.75) is 30.6 Å². The van der Waals surface area contributed by atoms with Crippen molar-refractivity contribution in [3.05, 3.63) is 40.3 Å². The summed E-state index contributed by atoms with van der Waals surface area (Å²) in [5.41, 5.74) is 1.24. The Labute approximate surface area is 167 Å². The van der Waals surface area contributed by atoms with Gasteiger partial charge in [-0.2, -0.15) is 0 Å². The number of rotatable bonds is 6. The van der Waals surface area contributed by atoms with E-state index in [4.69, 9.17) is 9.47 Å². The third-order valence-corrected chi connectivity index (χ3v) is 7.39. The molecule has 7 nitrogen and oxygen atoms in total. The lowest BCUT2D eigenvalue weighted by Crippen LogP contribution is -2.23. The predicted molar refractivity (Wildman–Crippen MR) is 106 cm³/mol. The molecule has 0 fully saturated rings. The Morgan fingerprint density at radius 2 is 1.79 bits per heavy atom. The van der Waals surface area contributed by atoms with E-state index in [2.05, 4.69) is 5.32 Å². The Balaban J connectivity index is 1.81. The van der Waals surface area contributed by atoms with Gasteiger partial charge < -0.3 is 14.8 Å². The summed E-state index contributed by atoms with van der Waals surface area (Å²) in [6.45, 7) is 0. The third-order valence-electron chi connectivity index (χ3n) is 4.55. The van der Waals surface area contributed by atoms with Gasteiger partial charge in [0.25, 0.3) is 0 Å². The number of anilines is 1. The number of carbonyl (C=O) groups is 2. The number of hydrogen-bond acceptors (Lipinski definition) is 7. The average molecular weight is 424 g/mol. The molecule has 1 aliphatic carbocycles. The molecule has 1 aromatic carbocycles. The first-order valence-corrected chi connectivity index (χ1v) is 11.2. The molecule has 1 amide bonds. The minimum Gasteiger partial charge on any atom is -0.497 e. The quantitative estimate of drug-likeness (QED) is 0.718. The molecule has 0 spiro atoms. The lowest BCUT2D eigenvalue weighted by atomic mass is 9.95.